The van der Waals surface area contributed by atoms with Crippen LogP contribution in [0.3, 0.4) is 0 Å². The number of carbonyl (C=O) groups excluding carboxylic acids is 1. The molecule has 30 heavy (non-hydrogen) atoms. The first-order valence-electron chi connectivity index (χ1n) is 10.5. The topological polar surface area (TPSA) is 76.5 Å². The molecule has 0 aliphatic carbocycles. The van der Waals surface area contributed by atoms with Gasteiger partial charge in [-0.15, -0.1) is 0 Å². The fourth-order valence-electron chi connectivity index (χ4n) is 4.71. The van der Waals surface area contributed by atoms with Crippen molar-refractivity contribution in [1.82, 2.24) is 0 Å². The van der Waals surface area contributed by atoms with Gasteiger partial charge in [0.2, 0.25) is 5.91 Å². The fraction of sp³-hybridized carbons (Fsp3) is 0.360. The normalized spacial score (nSPS) is 18.6. The van der Waals surface area contributed by atoms with E-state index in [0.717, 1.165) is 27.8 Å². The lowest BCUT2D eigenvalue weighted by atomic mass is 9.85. The summed E-state index contributed by atoms with van der Waals surface area (Å²) in [5.74, 6) is -0.211. The monoisotopic (exact) mass is 404 g/mol. The third-order valence-electron chi connectivity index (χ3n) is 6.25. The highest BCUT2D eigenvalue weighted by Gasteiger charge is 2.33. The lowest BCUT2D eigenvalue weighted by molar-refractivity contribution is -0.119. The van der Waals surface area contributed by atoms with Crippen LogP contribution in [0.4, 0.5) is 5.69 Å². The Hall–Kier alpha value is -3.08. The van der Waals surface area contributed by atoms with Gasteiger partial charge in [-0.3, -0.25) is 4.79 Å². The Kier molecular flexibility index (Phi) is 5.14. The number of primary amides is 1. The van der Waals surface area contributed by atoms with Crippen molar-refractivity contribution in [2.24, 2.45) is 5.73 Å². The van der Waals surface area contributed by atoms with E-state index in [1.54, 1.807) is 6.07 Å². The van der Waals surface area contributed by atoms with E-state index < -0.39 is 0 Å². The highest BCUT2D eigenvalue weighted by atomic mass is 16.4. The highest BCUT2D eigenvalue weighted by Crippen LogP contribution is 2.39. The van der Waals surface area contributed by atoms with Gasteiger partial charge in [0.15, 0.2) is 0 Å². The van der Waals surface area contributed by atoms with Crippen molar-refractivity contribution >= 4 is 22.6 Å². The number of aryl methyl sites for hydroxylation is 1. The average Bonchev–Trinajstić information content (AvgIpc) is 2.68. The Morgan fingerprint density at radius 2 is 1.97 bits per heavy atom. The Morgan fingerprint density at radius 1 is 1.23 bits per heavy atom. The third kappa shape index (κ3) is 3.49. The summed E-state index contributed by atoms with van der Waals surface area (Å²) >= 11 is 0. The minimum absolute atomic E-state index is 0.106. The molecule has 0 fully saturated rings. The van der Waals surface area contributed by atoms with Crippen molar-refractivity contribution in [3.8, 4) is 0 Å². The van der Waals surface area contributed by atoms with E-state index in [-0.39, 0.29) is 23.5 Å². The number of nitrogens with zero attached hydrogens (tertiary/aromatic N) is 1. The van der Waals surface area contributed by atoms with Crippen LogP contribution in [0, 0.1) is 6.92 Å². The maximum Gasteiger partial charge on any atom is 0.336 e. The fourth-order valence-corrected chi connectivity index (χ4v) is 4.71. The van der Waals surface area contributed by atoms with Crippen molar-refractivity contribution in [3.63, 3.8) is 0 Å². The summed E-state index contributed by atoms with van der Waals surface area (Å²) in [6.07, 6.45) is 0.655. The van der Waals surface area contributed by atoms with Crippen molar-refractivity contribution in [2.75, 3.05) is 4.90 Å². The second kappa shape index (κ2) is 7.63. The van der Waals surface area contributed by atoms with Gasteiger partial charge in [-0.2, -0.15) is 0 Å². The van der Waals surface area contributed by atoms with Gasteiger partial charge >= 0.3 is 5.63 Å². The minimum atomic E-state index is -0.345. The van der Waals surface area contributed by atoms with Gasteiger partial charge in [0, 0.05) is 29.7 Å². The van der Waals surface area contributed by atoms with Crippen LogP contribution in [0.1, 0.15) is 61.3 Å². The predicted molar refractivity (Wildman–Crippen MR) is 120 cm³/mol. The van der Waals surface area contributed by atoms with Gasteiger partial charge in [-0.05, 0) is 66.6 Å². The second-order valence-electron chi connectivity index (χ2n) is 8.68. The molecule has 1 aromatic heterocycles. The summed E-state index contributed by atoms with van der Waals surface area (Å²) in [7, 11) is 0. The molecule has 2 heterocycles. The number of fused-ring (bicyclic) bond motifs is 2. The molecule has 2 atom stereocenters. The van der Waals surface area contributed by atoms with Crippen molar-refractivity contribution < 1.29 is 9.21 Å². The zero-order chi connectivity index (χ0) is 21.6. The van der Waals surface area contributed by atoms with E-state index in [0.29, 0.717) is 24.5 Å². The molecular formula is C25H28N2O3. The number of nitrogens with two attached hydrogens (primary N) is 1. The Labute approximate surface area is 176 Å². The number of carbonyl (C=O) groups is 1. The molecule has 5 heteroatoms. The highest BCUT2D eigenvalue weighted by molar-refractivity contribution is 5.86. The minimum Gasteiger partial charge on any atom is -0.423 e. The van der Waals surface area contributed by atoms with E-state index in [2.05, 4.69) is 31.7 Å². The van der Waals surface area contributed by atoms with E-state index in [4.69, 9.17) is 10.2 Å². The van der Waals surface area contributed by atoms with Crippen LogP contribution in [-0.4, -0.2) is 11.9 Å². The Bertz CT molecular complexity index is 1180. The number of para-hydroxylation sites is 1. The van der Waals surface area contributed by atoms with E-state index >= 15 is 0 Å². The lowest BCUT2D eigenvalue weighted by Gasteiger charge is -2.40. The molecule has 1 aliphatic rings. The van der Waals surface area contributed by atoms with E-state index in [9.17, 15) is 9.59 Å². The number of amides is 1. The van der Waals surface area contributed by atoms with Crippen LogP contribution < -0.4 is 16.3 Å². The van der Waals surface area contributed by atoms with Crippen LogP contribution >= 0.6 is 0 Å². The number of anilines is 1. The standard InChI is InChI=1S/C25H28N2O3/c1-14(2)19-12-20-17(11-24(28)30-23(20)9-15(19)3)13-27-16(4)10-21(25(26)29)18-7-5-6-8-22(18)27/h5-9,11-12,14,16,21H,10,13H2,1-4H3,(H2,26,29)/t16-,21+/m0/s1. The van der Waals surface area contributed by atoms with Crippen molar-refractivity contribution in [1.29, 1.82) is 0 Å². The zero-order valence-electron chi connectivity index (χ0n) is 17.9. The van der Waals surface area contributed by atoms with Crippen LogP contribution in [-0.2, 0) is 11.3 Å². The van der Waals surface area contributed by atoms with Crippen LogP contribution in [0.2, 0.25) is 0 Å². The van der Waals surface area contributed by atoms with Crippen LogP contribution in [0.25, 0.3) is 11.0 Å². The maximum absolute atomic E-state index is 12.3. The second-order valence-corrected chi connectivity index (χ2v) is 8.68. The first kappa shape index (κ1) is 20.2. The summed E-state index contributed by atoms with van der Waals surface area (Å²) < 4.78 is 5.52. The molecule has 0 spiro atoms. The molecule has 0 unspecified atom stereocenters. The largest absolute Gasteiger partial charge is 0.423 e. The number of hydrogen-bond donors (Lipinski definition) is 1. The first-order chi connectivity index (χ1) is 14.3. The Balaban J connectivity index is 1.84. The van der Waals surface area contributed by atoms with Crippen LogP contribution in [0.15, 0.2) is 51.7 Å². The zero-order valence-corrected chi connectivity index (χ0v) is 17.9. The molecule has 156 valence electrons. The molecule has 0 radical (unpaired) electrons. The molecule has 3 aromatic rings. The predicted octanol–water partition coefficient (Wildman–Crippen LogP) is 4.59. The molecule has 2 aromatic carbocycles. The molecule has 4 rings (SSSR count). The Morgan fingerprint density at radius 3 is 2.67 bits per heavy atom. The van der Waals surface area contributed by atoms with Gasteiger partial charge in [-0.25, -0.2) is 4.79 Å². The number of benzene rings is 2. The quantitative estimate of drug-likeness (QED) is 0.645. The van der Waals surface area contributed by atoms with Gasteiger partial charge < -0.3 is 15.1 Å². The van der Waals surface area contributed by atoms with Gasteiger partial charge in [0.25, 0.3) is 0 Å². The van der Waals surface area contributed by atoms with Gasteiger partial charge in [0.1, 0.15) is 5.58 Å². The molecule has 2 N–H and O–H groups in total. The third-order valence-corrected chi connectivity index (χ3v) is 6.25. The summed E-state index contributed by atoms with van der Waals surface area (Å²) in [6, 6.07) is 13.7. The first-order valence-corrected chi connectivity index (χ1v) is 10.5. The molecule has 0 saturated heterocycles. The number of rotatable bonds is 4. The molecule has 5 nitrogen and oxygen atoms in total. The van der Waals surface area contributed by atoms with Crippen molar-refractivity contribution in [2.45, 2.75) is 58.5 Å². The summed E-state index contributed by atoms with van der Waals surface area (Å²) in [5, 5.41) is 0.964. The molecule has 0 saturated carbocycles. The smallest absolute Gasteiger partial charge is 0.336 e. The summed E-state index contributed by atoms with van der Waals surface area (Å²) in [4.78, 5) is 26.6. The van der Waals surface area contributed by atoms with Gasteiger partial charge in [-0.1, -0.05) is 32.0 Å². The molecule has 0 bridgehead atoms. The SMILES string of the molecule is Cc1cc2oc(=O)cc(CN3c4ccccc4[C@H](C(N)=O)C[C@@H]3C)c2cc1C(C)C. The molecule has 1 amide bonds. The molecule has 1 aliphatic heterocycles. The van der Waals surface area contributed by atoms with E-state index in [1.807, 2.05) is 37.3 Å². The van der Waals surface area contributed by atoms with Crippen molar-refractivity contribution in [3.05, 3.63) is 75.1 Å². The van der Waals surface area contributed by atoms with Gasteiger partial charge in [0.05, 0.1) is 5.92 Å². The number of hydrogen-bond acceptors (Lipinski definition) is 4. The lowest BCUT2D eigenvalue weighted by Crippen LogP contribution is -2.41. The maximum atomic E-state index is 12.3. The molecular weight excluding hydrogens is 376 g/mol. The summed E-state index contributed by atoms with van der Waals surface area (Å²) in [6.45, 7) is 9.05. The summed E-state index contributed by atoms with van der Waals surface area (Å²) in [5.41, 5.74) is 11.2. The van der Waals surface area contributed by atoms with Crippen LogP contribution in [0.5, 0.6) is 0 Å². The van der Waals surface area contributed by atoms with E-state index in [1.165, 1.54) is 5.56 Å². The average molecular weight is 405 g/mol.